The zero-order valence-corrected chi connectivity index (χ0v) is 13.5. The van der Waals surface area contributed by atoms with Gasteiger partial charge in [0.1, 0.15) is 11.9 Å². The molecule has 1 rings (SSSR count). The Bertz CT molecular complexity index is 371. The summed E-state index contributed by atoms with van der Waals surface area (Å²) in [6.07, 6.45) is 1.26. The highest BCUT2D eigenvalue weighted by atomic mass is 79.9. The minimum Gasteiger partial charge on any atom is -0.487 e. The van der Waals surface area contributed by atoms with Gasteiger partial charge < -0.3 is 10.1 Å². The lowest BCUT2D eigenvalue weighted by Crippen LogP contribution is -2.35. The summed E-state index contributed by atoms with van der Waals surface area (Å²) >= 11 is 9.55. The highest BCUT2D eigenvalue weighted by Crippen LogP contribution is 2.29. The summed E-state index contributed by atoms with van der Waals surface area (Å²) in [5.41, 5.74) is 0. The van der Waals surface area contributed by atoms with Crippen molar-refractivity contribution in [3.63, 3.8) is 0 Å². The van der Waals surface area contributed by atoms with Crippen molar-refractivity contribution in [2.24, 2.45) is 5.92 Å². The molecule has 0 fully saturated rings. The second kappa shape index (κ2) is 8.03. The molecule has 0 radical (unpaired) electrons. The van der Waals surface area contributed by atoms with E-state index in [4.69, 9.17) is 16.3 Å². The van der Waals surface area contributed by atoms with Crippen LogP contribution in [-0.4, -0.2) is 19.2 Å². The molecule has 0 saturated carbocycles. The number of ether oxygens (including phenoxy) is 1. The minimum absolute atomic E-state index is 0.134. The molecule has 1 atom stereocenters. The van der Waals surface area contributed by atoms with Crippen LogP contribution in [0.1, 0.15) is 27.2 Å². The average Bonchev–Trinajstić information content (AvgIpc) is 2.30. The van der Waals surface area contributed by atoms with Gasteiger partial charge in [-0.3, -0.25) is 0 Å². The standard InChI is InChI=1S/C14H21BrClNO/c1-4-7-17-9-14(10(2)3)18-13-6-5-11(15)8-12(13)16/h5-6,8,10,14,17H,4,7,9H2,1-3H3. The van der Waals surface area contributed by atoms with Gasteiger partial charge in [-0.2, -0.15) is 0 Å². The molecule has 0 heterocycles. The van der Waals surface area contributed by atoms with Crippen molar-refractivity contribution in [3.8, 4) is 5.75 Å². The molecule has 0 bridgehead atoms. The van der Waals surface area contributed by atoms with E-state index in [1.807, 2.05) is 18.2 Å². The largest absolute Gasteiger partial charge is 0.487 e. The average molecular weight is 335 g/mol. The molecular weight excluding hydrogens is 314 g/mol. The molecule has 0 aromatic heterocycles. The van der Waals surface area contributed by atoms with Gasteiger partial charge in [0.2, 0.25) is 0 Å². The summed E-state index contributed by atoms with van der Waals surface area (Å²) in [4.78, 5) is 0. The highest BCUT2D eigenvalue weighted by Gasteiger charge is 2.16. The van der Waals surface area contributed by atoms with Crippen molar-refractivity contribution in [1.82, 2.24) is 5.32 Å². The SMILES string of the molecule is CCCNCC(Oc1ccc(Br)cc1Cl)C(C)C. The van der Waals surface area contributed by atoms with E-state index in [2.05, 4.69) is 42.0 Å². The zero-order valence-electron chi connectivity index (χ0n) is 11.2. The van der Waals surface area contributed by atoms with Gasteiger partial charge in [-0.1, -0.05) is 48.3 Å². The maximum Gasteiger partial charge on any atom is 0.138 e. The third-order valence-corrected chi connectivity index (χ3v) is 3.48. The topological polar surface area (TPSA) is 21.3 Å². The van der Waals surface area contributed by atoms with Gasteiger partial charge in [-0.25, -0.2) is 0 Å². The van der Waals surface area contributed by atoms with Gasteiger partial charge in [-0.05, 0) is 37.1 Å². The summed E-state index contributed by atoms with van der Waals surface area (Å²) in [7, 11) is 0. The second-order valence-electron chi connectivity index (χ2n) is 4.68. The molecule has 4 heteroatoms. The van der Waals surface area contributed by atoms with Crippen molar-refractivity contribution in [1.29, 1.82) is 0 Å². The number of halogens is 2. The molecule has 2 nitrogen and oxygen atoms in total. The summed E-state index contributed by atoms with van der Waals surface area (Å²) < 4.78 is 6.96. The Morgan fingerprint density at radius 3 is 2.67 bits per heavy atom. The van der Waals surface area contributed by atoms with Crippen molar-refractivity contribution in [2.75, 3.05) is 13.1 Å². The molecule has 0 aliphatic carbocycles. The lowest BCUT2D eigenvalue weighted by atomic mass is 10.1. The predicted molar refractivity (Wildman–Crippen MR) is 81.6 cm³/mol. The van der Waals surface area contributed by atoms with Gasteiger partial charge in [0, 0.05) is 11.0 Å². The molecule has 102 valence electrons. The van der Waals surface area contributed by atoms with Gasteiger partial charge >= 0.3 is 0 Å². The van der Waals surface area contributed by atoms with E-state index in [0.29, 0.717) is 10.9 Å². The first-order valence-electron chi connectivity index (χ1n) is 6.37. The van der Waals surface area contributed by atoms with Crippen LogP contribution >= 0.6 is 27.5 Å². The molecule has 0 aliphatic heterocycles. The first-order valence-corrected chi connectivity index (χ1v) is 7.54. The van der Waals surface area contributed by atoms with Crippen LogP contribution in [0.4, 0.5) is 0 Å². The number of nitrogens with one attached hydrogen (secondary N) is 1. The molecule has 1 aromatic rings. The summed E-state index contributed by atoms with van der Waals surface area (Å²) in [5.74, 6) is 1.19. The van der Waals surface area contributed by atoms with Gasteiger partial charge in [0.05, 0.1) is 5.02 Å². The number of benzene rings is 1. The predicted octanol–water partition coefficient (Wildman–Crippen LogP) is 4.51. The Morgan fingerprint density at radius 1 is 1.39 bits per heavy atom. The van der Waals surface area contributed by atoms with E-state index in [1.54, 1.807) is 0 Å². The van der Waals surface area contributed by atoms with E-state index >= 15 is 0 Å². The van der Waals surface area contributed by atoms with Crippen molar-refractivity contribution >= 4 is 27.5 Å². The van der Waals surface area contributed by atoms with E-state index < -0.39 is 0 Å². The smallest absolute Gasteiger partial charge is 0.138 e. The third-order valence-electron chi connectivity index (χ3n) is 2.69. The minimum atomic E-state index is 0.134. The van der Waals surface area contributed by atoms with E-state index in [-0.39, 0.29) is 6.10 Å². The van der Waals surface area contributed by atoms with Crippen molar-refractivity contribution < 1.29 is 4.74 Å². The molecule has 0 amide bonds. The Morgan fingerprint density at radius 2 is 2.11 bits per heavy atom. The Labute approximate surface area is 123 Å². The van der Waals surface area contributed by atoms with Crippen LogP contribution in [0, 0.1) is 5.92 Å². The summed E-state index contributed by atoms with van der Waals surface area (Å²) in [5, 5.41) is 4.03. The normalized spacial score (nSPS) is 12.8. The van der Waals surface area contributed by atoms with E-state index in [9.17, 15) is 0 Å². The van der Waals surface area contributed by atoms with E-state index in [0.717, 1.165) is 29.7 Å². The molecule has 1 aromatic carbocycles. The van der Waals surface area contributed by atoms with Crippen LogP contribution in [0.3, 0.4) is 0 Å². The van der Waals surface area contributed by atoms with Crippen LogP contribution < -0.4 is 10.1 Å². The van der Waals surface area contributed by atoms with Crippen LogP contribution in [0.25, 0.3) is 0 Å². The van der Waals surface area contributed by atoms with Gasteiger partial charge in [-0.15, -0.1) is 0 Å². The quantitative estimate of drug-likeness (QED) is 0.741. The Hall–Kier alpha value is -0.250. The van der Waals surface area contributed by atoms with Crippen molar-refractivity contribution in [3.05, 3.63) is 27.7 Å². The fourth-order valence-corrected chi connectivity index (χ4v) is 2.29. The van der Waals surface area contributed by atoms with E-state index in [1.165, 1.54) is 0 Å². The molecule has 1 unspecified atom stereocenters. The first kappa shape index (κ1) is 15.8. The number of hydrogen-bond donors (Lipinski definition) is 1. The fourth-order valence-electron chi connectivity index (χ4n) is 1.57. The molecule has 1 N–H and O–H groups in total. The molecular formula is C14H21BrClNO. The summed E-state index contributed by atoms with van der Waals surface area (Å²) in [6, 6.07) is 5.70. The Balaban J connectivity index is 2.64. The van der Waals surface area contributed by atoms with Crippen LogP contribution in [0.5, 0.6) is 5.75 Å². The van der Waals surface area contributed by atoms with Gasteiger partial charge in [0.15, 0.2) is 0 Å². The number of rotatable bonds is 7. The number of hydrogen-bond acceptors (Lipinski definition) is 2. The molecule has 0 aliphatic rings. The van der Waals surface area contributed by atoms with Crippen LogP contribution in [0.15, 0.2) is 22.7 Å². The first-order chi connectivity index (χ1) is 8.54. The van der Waals surface area contributed by atoms with Crippen LogP contribution in [-0.2, 0) is 0 Å². The summed E-state index contributed by atoms with van der Waals surface area (Å²) in [6.45, 7) is 8.33. The highest BCUT2D eigenvalue weighted by molar-refractivity contribution is 9.10. The monoisotopic (exact) mass is 333 g/mol. The molecule has 0 spiro atoms. The zero-order chi connectivity index (χ0) is 13.5. The maximum absolute atomic E-state index is 6.16. The van der Waals surface area contributed by atoms with Crippen LogP contribution in [0.2, 0.25) is 5.02 Å². The molecule has 0 saturated heterocycles. The lowest BCUT2D eigenvalue weighted by molar-refractivity contribution is 0.149. The maximum atomic E-state index is 6.16. The lowest BCUT2D eigenvalue weighted by Gasteiger charge is -2.23. The second-order valence-corrected chi connectivity index (χ2v) is 6.00. The third kappa shape index (κ3) is 5.17. The fraction of sp³-hybridized carbons (Fsp3) is 0.571. The van der Waals surface area contributed by atoms with Gasteiger partial charge in [0.25, 0.3) is 0 Å². The van der Waals surface area contributed by atoms with Crippen molar-refractivity contribution in [2.45, 2.75) is 33.3 Å². The molecule has 18 heavy (non-hydrogen) atoms. The Kier molecular flexibility index (Phi) is 7.05.